The summed E-state index contributed by atoms with van der Waals surface area (Å²) in [6, 6.07) is 21.4. The van der Waals surface area contributed by atoms with Crippen molar-refractivity contribution in [1.29, 1.82) is 0 Å². The monoisotopic (exact) mass is 641 g/mol. The van der Waals surface area contributed by atoms with E-state index in [1.54, 1.807) is 49.6 Å². The van der Waals surface area contributed by atoms with Crippen LogP contribution in [0.5, 0.6) is 5.75 Å². The maximum absolute atomic E-state index is 14.2. The maximum Gasteiger partial charge on any atom is 0.264 e. The largest absolute Gasteiger partial charge is 0.497 e. The second-order valence-electron chi connectivity index (χ2n) is 10.1. The van der Waals surface area contributed by atoms with Crippen molar-refractivity contribution in [2.24, 2.45) is 0 Å². The quantitative estimate of drug-likeness (QED) is 0.281. The number of halogens is 1. The smallest absolute Gasteiger partial charge is 0.264 e. The highest BCUT2D eigenvalue weighted by molar-refractivity contribution is 9.10. The molecular formula is C31H36BrN3O5S. The van der Waals surface area contributed by atoms with Gasteiger partial charge < -0.3 is 15.0 Å². The van der Waals surface area contributed by atoms with Crippen LogP contribution < -0.4 is 14.4 Å². The Bertz CT molecular complexity index is 1430. The molecule has 3 aromatic rings. The number of nitrogens with zero attached hydrogens (tertiary/aromatic N) is 2. The normalized spacial score (nSPS) is 14.3. The topological polar surface area (TPSA) is 96.0 Å². The minimum atomic E-state index is -4.10. The first-order valence-electron chi connectivity index (χ1n) is 13.8. The molecule has 0 saturated heterocycles. The molecule has 1 N–H and O–H groups in total. The molecule has 218 valence electrons. The molecule has 1 aliphatic carbocycles. The number of anilines is 1. The highest BCUT2D eigenvalue weighted by atomic mass is 79.9. The van der Waals surface area contributed by atoms with E-state index in [-0.39, 0.29) is 23.4 Å². The lowest BCUT2D eigenvalue weighted by Gasteiger charge is -2.33. The zero-order valence-corrected chi connectivity index (χ0v) is 25.7. The second-order valence-corrected chi connectivity index (χ2v) is 12.9. The van der Waals surface area contributed by atoms with E-state index < -0.39 is 28.5 Å². The Morgan fingerprint density at radius 1 is 1.00 bits per heavy atom. The molecule has 1 atom stereocenters. The van der Waals surface area contributed by atoms with E-state index >= 15 is 0 Å². The van der Waals surface area contributed by atoms with Crippen molar-refractivity contribution in [3.63, 3.8) is 0 Å². The molecule has 0 bridgehead atoms. The summed E-state index contributed by atoms with van der Waals surface area (Å²) in [5.74, 6) is -0.0816. The highest BCUT2D eigenvalue weighted by Crippen LogP contribution is 2.27. The first-order valence-corrected chi connectivity index (χ1v) is 16.0. The van der Waals surface area contributed by atoms with Gasteiger partial charge in [0.15, 0.2) is 0 Å². The number of benzene rings is 3. The van der Waals surface area contributed by atoms with Crippen LogP contribution in [0.3, 0.4) is 0 Å². The molecule has 3 aromatic carbocycles. The van der Waals surface area contributed by atoms with Crippen LogP contribution in [0.15, 0.2) is 88.2 Å². The summed E-state index contributed by atoms with van der Waals surface area (Å²) in [4.78, 5) is 29.3. The number of rotatable bonds is 12. The number of hydrogen-bond donors (Lipinski definition) is 1. The zero-order valence-electron chi connectivity index (χ0n) is 23.3. The van der Waals surface area contributed by atoms with Crippen molar-refractivity contribution in [2.45, 2.75) is 62.6 Å². The Hall–Kier alpha value is -3.37. The molecule has 2 amide bonds. The van der Waals surface area contributed by atoms with Crippen LogP contribution in [0.1, 0.15) is 44.6 Å². The van der Waals surface area contributed by atoms with Gasteiger partial charge in [-0.25, -0.2) is 8.42 Å². The van der Waals surface area contributed by atoms with Crippen LogP contribution >= 0.6 is 15.9 Å². The summed E-state index contributed by atoms with van der Waals surface area (Å²) in [5.41, 5.74) is 1.11. The molecule has 10 heteroatoms. The van der Waals surface area contributed by atoms with Crippen LogP contribution in [0.4, 0.5) is 5.69 Å². The average molecular weight is 643 g/mol. The minimum Gasteiger partial charge on any atom is -0.497 e. The van der Waals surface area contributed by atoms with E-state index in [2.05, 4.69) is 21.2 Å². The molecule has 41 heavy (non-hydrogen) atoms. The Labute approximate surface area is 250 Å². The summed E-state index contributed by atoms with van der Waals surface area (Å²) in [7, 11) is -2.53. The molecule has 0 heterocycles. The Morgan fingerprint density at radius 2 is 1.68 bits per heavy atom. The van der Waals surface area contributed by atoms with Crippen LogP contribution in [-0.4, -0.2) is 50.9 Å². The van der Waals surface area contributed by atoms with E-state index in [1.807, 2.05) is 31.2 Å². The number of nitrogens with one attached hydrogen (secondary N) is 1. The lowest BCUT2D eigenvalue weighted by atomic mass is 10.1. The van der Waals surface area contributed by atoms with Gasteiger partial charge in [-0.05, 0) is 73.4 Å². The molecule has 0 spiro atoms. The molecule has 0 aromatic heterocycles. The lowest BCUT2D eigenvalue weighted by Crippen LogP contribution is -2.53. The van der Waals surface area contributed by atoms with Gasteiger partial charge in [0.2, 0.25) is 11.8 Å². The summed E-state index contributed by atoms with van der Waals surface area (Å²) in [6.07, 6.45) is 4.33. The fourth-order valence-electron chi connectivity index (χ4n) is 5.11. The van der Waals surface area contributed by atoms with E-state index in [4.69, 9.17) is 4.74 Å². The van der Waals surface area contributed by atoms with Gasteiger partial charge in [0, 0.05) is 17.1 Å². The summed E-state index contributed by atoms with van der Waals surface area (Å²) < 4.78 is 35.0. The highest BCUT2D eigenvalue weighted by Gasteiger charge is 2.34. The van der Waals surface area contributed by atoms with Crippen LogP contribution in [0.25, 0.3) is 0 Å². The number of carbonyl (C=O) groups excluding carboxylic acids is 2. The molecular weight excluding hydrogens is 606 g/mol. The first-order chi connectivity index (χ1) is 19.7. The van der Waals surface area contributed by atoms with Gasteiger partial charge >= 0.3 is 0 Å². The standard InChI is InChI=1S/C31H36BrN3O5S/c1-3-29(31(37)33-25-11-7-8-12-25)34(21-23-10-9-13-27(20-23)40-2)30(36)22-35(26-18-16-24(32)17-19-26)41(38,39)28-14-5-4-6-15-28/h4-6,9-10,13-20,25,29H,3,7-8,11-12,21-22H2,1-2H3,(H,33,37)/t29-/m0/s1. The predicted octanol–water partition coefficient (Wildman–Crippen LogP) is 5.52. The van der Waals surface area contributed by atoms with Crippen molar-refractivity contribution in [2.75, 3.05) is 18.0 Å². The maximum atomic E-state index is 14.2. The zero-order chi connectivity index (χ0) is 29.4. The predicted molar refractivity (Wildman–Crippen MR) is 163 cm³/mol. The van der Waals surface area contributed by atoms with Crippen LogP contribution in [-0.2, 0) is 26.2 Å². The van der Waals surface area contributed by atoms with Gasteiger partial charge in [-0.15, -0.1) is 0 Å². The fourth-order valence-corrected chi connectivity index (χ4v) is 6.81. The average Bonchev–Trinajstić information content (AvgIpc) is 3.49. The summed E-state index contributed by atoms with van der Waals surface area (Å²) >= 11 is 3.40. The number of hydrogen-bond acceptors (Lipinski definition) is 5. The number of sulfonamides is 1. The molecule has 1 aliphatic rings. The summed E-state index contributed by atoms with van der Waals surface area (Å²) in [5, 5.41) is 3.13. The van der Waals surface area contributed by atoms with Crippen molar-refractivity contribution in [3.05, 3.63) is 88.9 Å². The Morgan fingerprint density at radius 3 is 2.32 bits per heavy atom. The Kier molecular flexibility index (Phi) is 10.4. The van der Waals surface area contributed by atoms with Gasteiger partial charge in [-0.3, -0.25) is 13.9 Å². The van der Waals surface area contributed by atoms with Gasteiger partial charge in [0.05, 0.1) is 17.7 Å². The molecule has 8 nitrogen and oxygen atoms in total. The fraction of sp³-hybridized carbons (Fsp3) is 0.355. The van der Waals surface area contributed by atoms with E-state index in [9.17, 15) is 18.0 Å². The first kappa shape index (κ1) is 30.6. The minimum absolute atomic E-state index is 0.0704. The van der Waals surface area contributed by atoms with Gasteiger partial charge in [-0.1, -0.05) is 66.0 Å². The van der Waals surface area contributed by atoms with Crippen molar-refractivity contribution in [3.8, 4) is 5.75 Å². The SMILES string of the molecule is CC[C@@H](C(=O)NC1CCCC1)N(Cc1cccc(OC)c1)C(=O)CN(c1ccc(Br)cc1)S(=O)(=O)c1ccccc1. The van der Waals surface area contributed by atoms with E-state index in [0.29, 0.717) is 17.9 Å². The third kappa shape index (κ3) is 7.68. The van der Waals surface area contributed by atoms with E-state index in [1.165, 1.54) is 17.0 Å². The van der Waals surface area contributed by atoms with Crippen molar-refractivity contribution < 1.29 is 22.7 Å². The van der Waals surface area contributed by atoms with Crippen molar-refractivity contribution >= 4 is 43.5 Å². The van der Waals surface area contributed by atoms with Gasteiger partial charge in [0.25, 0.3) is 10.0 Å². The molecule has 0 radical (unpaired) electrons. The van der Waals surface area contributed by atoms with Crippen molar-refractivity contribution in [1.82, 2.24) is 10.2 Å². The van der Waals surface area contributed by atoms with Gasteiger partial charge in [0.1, 0.15) is 18.3 Å². The number of ether oxygens (including phenoxy) is 1. The lowest BCUT2D eigenvalue weighted by molar-refractivity contribution is -0.140. The number of amides is 2. The van der Waals surface area contributed by atoms with Gasteiger partial charge in [-0.2, -0.15) is 0 Å². The van der Waals surface area contributed by atoms with Crippen LogP contribution in [0, 0.1) is 0 Å². The third-order valence-corrected chi connectivity index (χ3v) is 9.62. The number of carbonyl (C=O) groups is 2. The number of methoxy groups -OCH3 is 1. The molecule has 1 fully saturated rings. The molecule has 0 aliphatic heterocycles. The van der Waals surface area contributed by atoms with E-state index in [0.717, 1.165) is 40.0 Å². The molecule has 4 rings (SSSR count). The molecule has 0 unspecified atom stereocenters. The van der Waals surface area contributed by atoms with Crippen LogP contribution in [0.2, 0.25) is 0 Å². The summed E-state index contributed by atoms with van der Waals surface area (Å²) in [6.45, 7) is 1.50. The third-order valence-electron chi connectivity index (χ3n) is 7.30. The Balaban J connectivity index is 1.71. The second kappa shape index (κ2) is 14.0. The molecule has 1 saturated carbocycles.